The number of carbonyl (C=O) groups excluding carboxylic acids is 1. The van der Waals surface area contributed by atoms with Gasteiger partial charge in [-0.25, -0.2) is 4.79 Å². The average Bonchev–Trinajstić information content (AvgIpc) is 3.25. The largest absolute Gasteiger partial charge is 0.487 e. The van der Waals surface area contributed by atoms with E-state index in [0.29, 0.717) is 31.7 Å². The van der Waals surface area contributed by atoms with Crippen molar-refractivity contribution in [2.75, 3.05) is 5.01 Å². The summed E-state index contributed by atoms with van der Waals surface area (Å²) in [6, 6.07) is 29.2. The molecule has 0 aliphatic carbocycles. The van der Waals surface area contributed by atoms with Crippen LogP contribution in [0.2, 0.25) is 0 Å². The minimum absolute atomic E-state index is 0.215. The maximum atomic E-state index is 13.5. The summed E-state index contributed by atoms with van der Waals surface area (Å²) in [6.45, 7) is 0.257. The Hall–Kier alpha value is -4.01. The highest BCUT2D eigenvalue weighted by molar-refractivity contribution is 9.11. The third kappa shape index (κ3) is 5.46. The van der Waals surface area contributed by atoms with Gasteiger partial charge < -0.3 is 9.84 Å². The smallest absolute Gasteiger partial charge is 0.335 e. The maximum Gasteiger partial charge on any atom is 0.335 e. The van der Waals surface area contributed by atoms with Crippen LogP contribution in [0, 0.1) is 0 Å². The summed E-state index contributed by atoms with van der Waals surface area (Å²) < 4.78 is 7.40. The first-order valence-corrected chi connectivity index (χ1v) is 13.2. The number of benzene rings is 4. The fraction of sp³-hybridized carbons (Fsp3) is 0.0333. The van der Waals surface area contributed by atoms with Crippen molar-refractivity contribution in [3.05, 3.63) is 134 Å². The van der Waals surface area contributed by atoms with Crippen molar-refractivity contribution in [2.24, 2.45) is 5.10 Å². The Balaban J connectivity index is 1.44. The van der Waals surface area contributed by atoms with Gasteiger partial charge in [-0.15, -0.1) is 0 Å². The summed E-state index contributed by atoms with van der Waals surface area (Å²) in [5.74, 6) is -0.594. The number of halogens is 2. The number of carbonyl (C=O) groups is 2. The molecule has 0 fully saturated rings. The van der Waals surface area contributed by atoms with Crippen LogP contribution in [0.4, 0.5) is 5.69 Å². The summed E-state index contributed by atoms with van der Waals surface area (Å²) in [6.07, 6.45) is 1.82. The fourth-order valence-corrected chi connectivity index (χ4v) is 5.42. The standard InChI is InChI=1S/C30H20Br2N2O4/c31-25-16-20(17-26(32)28(25)38-18-19-11-13-22(14-12-19)30(36)37)15-24-27(21-7-3-1-4-8-21)33-34(29(24)35)23-9-5-2-6-10-23/h1-17H,18H2,(H,36,37)/b24-15-. The first-order chi connectivity index (χ1) is 18.4. The molecule has 0 saturated carbocycles. The molecule has 0 unspecified atom stereocenters. The summed E-state index contributed by atoms with van der Waals surface area (Å²) >= 11 is 7.18. The van der Waals surface area contributed by atoms with Gasteiger partial charge in [0, 0.05) is 5.56 Å². The molecule has 1 N–H and O–H groups in total. The van der Waals surface area contributed by atoms with Crippen LogP contribution in [-0.2, 0) is 11.4 Å². The molecular weight excluding hydrogens is 612 g/mol. The van der Waals surface area contributed by atoms with E-state index in [1.165, 1.54) is 5.01 Å². The van der Waals surface area contributed by atoms with Gasteiger partial charge in [0.15, 0.2) is 0 Å². The summed E-state index contributed by atoms with van der Waals surface area (Å²) in [5, 5.41) is 15.2. The van der Waals surface area contributed by atoms with E-state index < -0.39 is 5.97 Å². The predicted octanol–water partition coefficient (Wildman–Crippen LogP) is 7.32. The molecule has 38 heavy (non-hydrogen) atoms. The van der Waals surface area contributed by atoms with Crippen LogP contribution in [0.1, 0.15) is 27.0 Å². The second-order valence-electron chi connectivity index (χ2n) is 8.43. The highest BCUT2D eigenvalue weighted by Gasteiger charge is 2.32. The molecule has 1 aliphatic heterocycles. The Kier molecular flexibility index (Phi) is 7.53. The molecule has 1 amide bonds. The molecule has 1 heterocycles. The highest BCUT2D eigenvalue weighted by Crippen LogP contribution is 2.37. The van der Waals surface area contributed by atoms with Gasteiger partial charge in [-0.1, -0.05) is 60.7 Å². The third-order valence-corrected chi connectivity index (χ3v) is 7.02. The van der Waals surface area contributed by atoms with Gasteiger partial charge in [0.05, 0.1) is 25.8 Å². The van der Waals surface area contributed by atoms with Crippen molar-refractivity contribution in [1.29, 1.82) is 0 Å². The van der Waals surface area contributed by atoms with Crippen molar-refractivity contribution in [3.63, 3.8) is 0 Å². The van der Waals surface area contributed by atoms with Crippen LogP contribution in [0.25, 0.3) is 6.08 Å². The summed E-state index contributed by atoms with van der Waals surface area (Å²) in [4.78, 5) is 24.6. The molecule has 5 rings (SSSR count). The van der Waals surface area contributed by atoms with Crippen LogP contribution < -0.4 is 9.75 Å². The lowest BCUT2D eigenvalue weighted by molar-refractivity contribution is -0.114. The zero-order chi connectivity index (χ0) is 26.6. The lowest BCUT2D eigenvalue weighted by Crippen LogP contribution is -2.21. The second kappa shape index (κ2) is 11.2. The van der Waals surface area contributed by atoms with Gasteiger partial charge in [0.1, 0.15) is 18.1 Å². The number of para-hydroxylation sites is 1. The zero-order valence-corrected chi connectivity index (χ0v) is 23.0. The van der Waals surface area contributed by atoms with Crippen molar-refractivity contribution >= 4 is 61.2 Å². The Morgan fingerprint density at radius 3 is 2.11 bits per heavy atom. The van der Waals surface area contributed by atoms with E-state index in [4.69, 9.17) is 9.84 Å². The normalized spacial score (nSPS) is 14.1. The number of hydrogen-bond donors (Lipinski definition) is 1. The van der Waals surface area contributed by atoms with Crippen molar-refractivity contribution in [1.82, 2.24) is 0 Å². The minimum Gasteiger partial charge on any atom is -0.487 e. The molecule has 0 bridgehead atoms. The average molecular weight is 632 g/mol. The van der Waals surface area contributed by atoms with Gasteiger partial charge in [-0.2, -0.15) is 10.1 Å². The number of carboxylic acids is 1. The molecule has 188 valence electrons. The van der Waals surface area contributed by atoms with Gasteiger partial charge in [0.2, 0.25) is 0 Å². The van der Waals surface area contributed by atoms with E-state index in [2.05, 4.69) is 37.0 Å². The number of hydrazone groups is 1. The summed E-state index contributed by atoms with van der Waals surface area (Å²) in [5.41, 5.74) is 4.45. The molecule has 4 aromatic carbocycles. The molecule has 0 aromatic heterocycles. The molecule has 0 saturated heterocycles. The highest BCUT2D eigenvalue weighted by atomic mass is 79.9. The lowest BCUT2D eigenvalue weighted by Gasteiger charge is -2.12. The van der Waals surface area contributed by atoms with E-state index in [0.717, 1.165) is 16.7 Å². The fourth-order valence-electron chi connectivity index (χ4n) is 3.96. The Labute approximate surface area is 236 Å². The van der Waals surface area contributed by atoms with Crippen LogP contribution >= 0.6 is 31.9 Å². The molecule has 0 spiro atoms. The van der Waals surface area contributed by atoms with Gasteiger partial charge in [-0.05, 0) is 85.5 Å². The van der Waals surface area contributed by atoms with E-state index >= 15 is 0 Å². The van der Waals surface area contributed by atoms with E-state index in [1.807, 2.05) is 78.9 Å². The third-order valence-electron chi connectivity index (χ3n) is 5.84. The Bertz CT molecular complexity index is 1540. The Morgan fingerprint density at radius 1 is 0.895 bits per heavy atom. The van der Waals surface area contributed by atoms with E-state index in [1.54, 1.807) is 24.3 Å². The molecule has 0 atom stereocenters. The maximum absolute atomic E-state index is 13.5. The molecule has 6 nitrogen and oxygen atoms in total. The minimum atomic E-state index is -0.972. The number of aromatic carboxylic acids is 1. The van der Waals surface area contributed by atoms with Crippen molar-refractivity contribution in [2.45, 2.75) is 6.61 Å². The Morgan fingerprint density at radius 2 is 1.50 bits per heavy atom. The van der Waals surface area contributed by atoms with Crippen molar-refractivity contribution in [3.8, 4) is 5.75 Å². The number of carboxylic acid groups (broad SMARTS) is 1. The number of ether oxygens (including phenoxy) is 1. The van der Waals surface area contributed by atoms with Crippen LogP contribution in [-0.4, -0.2) is 22.7 Å². The second-order valence-corrected chi connectivity index (χ2v) is 10.1. The van der Waals surface area contributed by atoms with Crippen LogP contribution in [0.15, 0.2) is 117 Å². The molecular formula is C30H20Br2N2O4. The number of rotatable bonds is 7. The van der Waals surface area contributed by atoms with Crippen molar-refractivity contribution < 1.29 is 19.4 Å². The van der Waals surface area contributed by atoms with Crippen LogP contribution in [0.5, 0.6) is 5.75 Å². The van der Waals surface area contributed by atoms with Gasteiger partial charge in [-0.3, -0.25) is 4.79 Å². The monoisotopic (exact) mass is 630 g/mol. The lowest BCUT2D eigenvalue weighted by atomic mass is 10.0. The molecule has 0 radical (unpaired) electrons. The molecule has 1 aliphatic rings. The number of nitrogens with zero attached hydrogens (tertiary/aromatic N) is 2. The van der Waals surface area contributed by atoms with Gasteiger partial charge >= 0.3 is 5.97 Å². The first-order valence-electron chi connectivity index (χ1n) is 11.6. The number of amides is 1. The van der Waals surface area contributed by atoms with E-state index in [-0.39, 0.29) is 18.1 Å². The number of anilines is 1. The van der Waals surface area contributed by atoms with E-state index in [9.17, 15) is 9.59 Å². The first kappa shape index (κ1) is 25.6. The predicted molar refractivity (Wildman–Crippen MR) is 154 cm³/mol. The topological polar surface area (TPSA) is 79.2 Å². The quantitative estimate of drug-likeness (QED) is 0.217. The zero-order valence-electron chi connectivity index (χ0n) is 19.8. The number of hydrogen-bond acceptors (Lipinski definition) is 4. The summed E-state index contributed by atoms with van der Waals surface area (Å²) in [7, 11) is 0. The molecule has 8 heteroatoms. The van der Waals surface area contributed by atoms with Gasteiger partial charge in [0.25, 0.3) is 5.91 Å². The SMILES string of the molecule is O=C(O)c1ccc(COc2c(Br)cc(/C=C3\C(=O)N(c4ccccc4)N=C3c3ccccc3)cc2Br)cc1. The van der Waals surface area contributed by atoms with Crippen LogP contribution in [0.3, 0.4) is 0 Å². The molecule has 4 aromatic rings.